The van der Waals surface area contributed by atoms with Gasteiger partial charge in [0, 0.05) is 12.4 Å². The van der Waals surface area contributed by atoms with Crippen molar-refractivity contribution in [3.63, 3.8) is 0 Å². The minimum Gasteiger partial charge on any atom is -0.352 e. The molecule has 0 spiro atoms. The Balaban J connectivity index is 2.51. The Hall–Kier alpha value is 0.420. The molecule has 0 aromatic carbocycles. The van der Waals surface area contributed by atoms with Crippen molar-refractivity contribution in [1.29, 1.82) is 0 Å². The first-order chi connectivity index (χ1) is 8.58. The molecule has 102 valence electrons. The van der Waals surface area contributed by atoms with Gasteiger partial charge < -0.3 is 5.32 Å². The SMILES string of the molecule is CCCC(CCCl)CNC(=O)c1cc(Br)sc1Br. The van der Waals surface area contributed by atoms with Gasteiger partial charge >= 0.3 is 0 Å². The highest BCUT2D eigenvalue weighted by molar-refractivity contribution is 9.12. The molecule has 1 aromatic rings. The summed E-state index contributed by atoms with van der Waals surface area (Å²) < 4.78 is 1.81. The van der Waals surface area contributed by atoms with E-state index in [1.165, 1.54) is 11.3 Å². The lowest BCUT2D eigenvalue weighted by Crippen LogP contribution is -2.29. The van der Waals surface area contributed by atoms with Crippen molar-refractivity contribution in [2.24, 2.45) is 5.92 Å². The van der Waals surface area contributed by atoms with Crippen LogP contribution in [0.2, 0.25) is 0 Å². The van der Waals surface area contributed by atoms with Crippen molar-refractivity contribution in [2.75, 3.05) is 12.4 Å². The van der Waals surface area contributed by atoms with E-state index in [-0.39, 0.29) is 5.91 Å². The van der Waals surface area contributed by atoms with Gasteiger partial charge in [-0.25, -0.2) is 0 Å². The summed E-state index contributed by atoms with van der Waals surface area (Å²) >= 11 is 14.0. The fourth-order valence-corrected chi connectivity index (χ4v) is 4.84. The van der Waals surface area contributed by atoms with E-state index in [0.29, 0.717) is 23.9 Å². The molecule has 0 aliphatic carbocycles. The molecule has 1 rings (SSSR count). The Labute approximate surface area is 134 Å². The van der Waals surface area contributed by atoms with Crippen LogP contribution in [0.15, 0.2) is 13.6 Å². The van der Waals surface area contributed by atoms with Crippen LogP contribution in [0.25, 0.3) is 0 Å². The van der Waals surface area contributed by atoms with E-state index in [9.17, 15) is 4.79 Å². The monoisotopic (exact) mass is 415 g/mol. The molecule has 2 nitrogen and oxygen atoms in total. The molecule has 0 saturated carbocycles. The van der Waals surface area contributed by atoms with Crippen LogP contribution >= 0.6 is 54.8 Å². The predicted molar refractivity (Wildman–Crippen MR) is 85.8 cm³/mol. The van der Waals surface area contributed by atoms with Crippen LogP contribution in [0.5, 0.6) is 0 Å². The smallest absolute Gasteiger partial charge is 0.253 e. The van der Waals surface area contributed by atoms with Gasteiger partial charge in [-0.15, -0.1) is 22.9 Å². The maximum Gasteiger partial charge on any atom is 0.253 e. The highest BCUT2D eigenvalue weighted by Crippen LogP contribution is 2.31. The number of carbonyl (C=O) groups is 1. The second-order valence-corrected chi connectivity index (χ2v) is 8.21. The summed E-state index contributed by atoms with van der Waals surface area (Å²) in [6.45, 7) is 2.84. The zero-order valence-electron chi connectivity index (χ0n) is 10.1. The lowest BCUT2D eigenvalue weighted by molar-refractivity contribution is 0.0945. The molecule has 18 heavy (non-hydrogen) atoms. The van der Waals surface area contributed by atoms with Crippen molar-refractivity contribution in [1.82, 2.24) is 5.32 Å². The molecule has 1 N–H and O–H groups in total. The van der Waals surface area contributed by atoms with Gasteiger partial charge in [0.1, 0.15) is 0 Å². The van der Waals surface area contributed by atoms with Gasteiger partial charge in [-0.3, -0.25) is 4.79 Å². The van der Waals surface area contributed by atoms with Crippen LogP contribution in [0.1, 0.15) is 36.5 Å². The average Bonchev–Trinajstić information content (AvgIpc) is 2.65. The summed E-state index contributed by atoms with van der Waals surface area (Å²) in [5.74, 6) is 1.09. The summed E-state index contributed by atoms with van der Waals surface area (Å²) in [5, 5.41) is 2.98. The molecule has 0 radical (unpaired) electrons. The van der Waals surface area contributed by atoms with E-state index in [1.54, 1.807) is 0 Å². The number of amides is 1. The van der Waals surface area contributed by atoms with Crippen LogP contribution in [-0.2, 0) is 0 Å². The molecule has 0 aliphatic rings. The number of halogens is 3. The second kappa shape index (κ2) is 8.56. The van der Waals surface area contributed by atoms with Gasteiger partial charge in [0.25, 0.3) is 5.91 Å². The van der Waals surface area contributed by atoms with Crippen molar-refractivity contribution in [3.05, 3.63) is 19.2 Å². The molecule has 1 unspecified atom stereocenters. The van der Waals surface area contributed by atoms with Gasteiger partial charge in [-0.2, -0.15) is 0 Å². The summed E-state index contributed by atoms with van der Waals surface area (Å²) in [6, 6.07) is 1.83. The van der Waals surface area contributed by atoms with Crippen molar-refractivity contribution >= 4 is 60.7 Å². The first-order valence-corrected chi connectivity index (χ1v) is 8.81. The number of hydrogen-bond donors (Lipinski definition) is 1. The Morgan fingerprint density at radius 1 is 1.50 bits per heavy atom. The molecular weight excluding hydrogens is 401 g/mol. The van der Waals surface area contributed by atoms with Crippen molar-refractivity contribution < 1.29 is 4.79 Å². The Morgan fingerprint density at radius 3 is 2.72 bits per heavy atom. The fourth-order valence-electron chi connectivity index (χ4n) is 1.74. The van der Waals surface area contributed by atoms with Crippen LogP contribution in [0.4, 0.5) is 0 Å². The number of hydrogen-bond acceptors (Lipinski definition) is 2. The van der Waals surface area contributed by atoms with Gasteiger partial charge in [0.05, 0.1) is 13.1 Å². The van der Waals surface area contributed by atoms with Crippen LogP contribution in [0, 0.1) is 5.92 Å². The predicted octanol–water partition coefficient (Wildman–Crippen LogP) is 5.05. The van der Waals surface area contributed by atoms with E-state index in [2.05, 4.69) is 44.1 Å². The van der Waals surface area contributed by atoms with E-state index in [1.807, 2.05) is 6.07 Å². The third-order valence-corrected chi connectivity index (χ3v) is 5.22. The third-order valence-electron chi connectivity index (χ3n) is 2.67. The zero-order valence-corrected chi connectivity index (χ0v) is 14.9. The van der Waals surface area contributed by atoms with Crippen LogP contribution < -0.4 is 5.32 Å². The molecule has 0 aliphatic heterocycles. The normalized spacial score (nSPS) is 12.4. The molecule has 6 heteroatoms. The third kappa shape index (κ3) is 5.19. The molecule has 0 bridgehead atoms. The molecule has 0 fully saturated rings. The van der Waals surface area contributed by atoms with Gasteiger partial charge in [0.2, 0.25) is 0 Å². The molecule has 1 atom stereocenters. The highest BCUT2D eigenvalue weighted by Gasteiger charge is 2.15. The summed E-state index contributed by atoms with van der Waals surface area (Å²) in [5.41, 5.74) is 0.688. The lowest BCUT2D eigenvalue weighted by atomic mass is 10.0. The maximum atomic E-state index is 12.0. The Bertz CT molecular complexity index is 391. The lowest BCUT2D eigenvalue weighted by Gasteiger charge is -2.15. The fraction of sp³-hybridized carbons (Fsp3) is 0.583. The summed E-state index contributed by atoms with van der Waals surface area (Å²) in [4.78, 5) is 12.0. The van der Waals surface area contributed by atoms with Gasteiger partial charge in [-0.1, -0.05) is 13.3 Å². The van der Waals surface area contributed by atoms with Crippen LogP contribution in [0.3, 0.4) is 0 Å². The van der Waals surface area contributed by atoms with Gasteiger partial charge in [-0.05, 0) is 56.7 Å². The maximum absolute atomic E-state index is 12.0. The number of alkyl halides is 1. The van der Waals surface area contributed by atoms with E-state index >= 15 is 0 Å². The Kier molecular flexibility index (Phi) is 7.84. The minimum atomic E-state index is -0.0282. The number of rotatable bonds is 7. The van der Waals surface area contributed by atoms with Gasteiger partial charge in [0.15, 0.2) is 0 Å². The standard InChI is InChI=1S/C12H16Br2ClNOS/c1-2-3-8(4-5-15)7-16-12(17)9-6-10(13)18-11(9)14/h6,8H,2-5,7H2,1H3,(H,16,17). The minimum absolute atomic E-state index is 0.0282. The zero-order chi connectivity index (χ0) is 13.5. The summed E-state index contributed by atoms with van der Waals surface area (Å²) in [7, 11) is 0. The summed E-state index contributed by atoms with van der Waals surface area (Å²) in [6.07, 6.45) is 3.16. The second-order valence-electron chi connectivity index (χ2n) is 4.08. The number of carbonyl (C=O) groups excluding carboxylic acids is 1. The first-order valence-electron chi connectivity index (χ1n) is 5.87. The van der Waals surface area contributed by atoms with Crippen LogP contribution in [-0.4, -0.2) is 18.3 Å². The molecular formula is C12H16Br2ClNOS. The van der Waals surface area contributed by atoms with E-state index in [0.717, 1.165) is 26.8 Å². The molecule has 1 heterocycles. The number of nitrogens with one attached hydrogen (secondary N) is 1. The average molecular weight is 418 g/mol. The highest BCUT2D eigenvalue weighted by atomic mass is 79.9. The molecule has 0 saturated heterocycles. The van der Waals surface area contributed by atoms with E-state index < -0.39 is 0 Å². The topological polar surface area (TPSA) is 29.1 Å². The Morgan fingerprint density at radius 2 is 2.22 bits per heavy atom. The quantitative estimate of drug-likeness (QED) is 0.618. The number of thiophene rings is 1. The van der Waals surface area contributed by atoms with E-state index in [4.69, 9.17) is 11.6 Å². The first kappa shape index (κ1) is 16.5. The molecule has 1 aromatic heterocycles. The molecule has 1 amide bonds. The van der Waals surface area contributed by atoms with Crippen molar-refractivity contribution in [3.8, 4) is 0 Å². The largest absolute Gasteiger partial charge is 0.352 e. The van der Waals surface area contributed by atoms with Crippen molar-refractivity contribution in [2.45, 2.75) is 26.2 Å².